The van der Waals surface area contributed by atoms with Crippen LogP contribution < -0.4 is 5.32 Å². The summed E-state index contributed by atoms with van der Waals surface area (Å²) in [7, 11) is 0. The van der Waals surface area contributed by atoms with E-state index in [1.165, 1.54) is 0 Å². The molecule has 1 rings (SSSR count). The Morgan fingerprint density at radius 1 is 1.00 bits per heavy atom. The smallest absolute Gasteiger partial charge is 0.407 e. The summed E-state index contributed by atoms with van der Waals surface area (Å²) in [4.78, 5) is 23.5. The van der Waals surface area contributed by atoms with Gasteiger partial charge in [-0.2, -0.15) is 0 Å². The largest absolute Gasteiger partial charge is 0.445 e. The van der Waals surface area contributed by atoms with E-state index in [0.717, 1.165) is 5.56 Å². The fraction of sp³-hybridized carbons (Fsp3) is 0.500. The fourth-order valence-electron chi connectivity index (χ4n) is 2.04. The van der Waals surface area contributed by atoms with Crippen molar-refractivity contribution in [1.82, 2.24) is 5.32 Å². The van der Waals surface area contributed by atoms with E-state index in [2.05, 4.69) is 5.32 Å². The maximum atomic E-state index is 12.0. The molecule has 0 bridgehead atoms. The molecule has 1 aromatic rings. The average Bonchev–Trinajstić information content (AvgIpc) is 2.64. The molecule has 1 amide bonds. The molecule has 0 aliphatic carbocycles. The van der Waals surface area contributed by atoms with E-state index < -0.39 is 55.9 Å². The van der Waals surface area contributed by atoms with Gasteiger partial charge in [-0.05, 0) is 5.56 Å². The van der Waals surface area contributed by atoms with E-state index in [0.29, 0.717) is 0 Å². The number of aliphatic hydroxyl groups is 5. The van der Waals surface area contributed by atoms with Gasteiger partial charge in [0.1, 0.15) is 18.8 Å². The Morgan fingerprint density at radius 2 is 1.64 bits per heavy atom. The van der Waals surface area contributed by atoms with Gasteiger partial charge in [-0.3, -0.25) is 4.79 Å². The monoisotopic (exact) mass is 357 g/mol. The zero-order chi connectivity index (χ0) is 18.8. The lowest BCUT2D eigenvalue weighted by Gasteiger charge is -2.26. The van der Waals surface area contributed by atoms with E-state index >= 15 is 0 Å². The SMILES string of the molecule is O=C(NCC(=O)[C@@H](CO)[C@@H](O)[C@H](O)[C@H](O)CO)OCc1ccccc1. The minimum absolute atomic E-state index is 0.00826. The van der Waals surface area contributed by atoms with Gasteiger partial charge in [-0.25, -0.2) is 4.79 Å². The molecule has 0 aromatic heterocycles. The summed E-state index contributed by atoms with van der Waals surface area (Å²) in [6.45, 7) is -2.17. The van der Waals surface area contributed by atoms with Gasteiger partial charge in [0.2, 0.25) is 0 Å². The van der Waals surface area contributed by atoms with Gasteiger partial charge in [0.25, 0.3) is 0 Å². The third kappa shape index (κ3) is 6.77. The third-order valence-corrected chi connectivity index (χ3v) is 3.57. The highest BCUT2D eigenvalue weighted by Crippen LogP contribution is 2.12. The van der Waals surface area contributed by atoms with Crippen LogP contribution in [0.2, 0.25) is 0 Å². The van der Waals surface area contributed by atoms with Crippen molar-refractivity contribution in [2.45, 2.75) is 24.9 Å². The molecule has 9 heteroatoms. The van der Waals surface area contributed by atoms with Gasteiger partial charge in [-0.15, -0.1) is 0 Å². The second kappa shape index (κ2) is 10.7. The number of carbonyl (C=O) groups excluding carboxylic acids is 2. The van der Waals surface area contributed by atoms with E-state index in [1.54, 1.807) is 24.3 Å². The number of ether oxygens (including phenoxy) is 1. The molecule has 0 heterocycles. The Kier molecular flexibility index (Phi) is 9.03. The molecule has 0 fully saturated rings. The highest BCUT2D eigenvalue weighted by molar-refractivity contribution is 5.86. The van der Waals surface area contributed by atoms with E-state index in [1.807, 2.05) is 6.07 Å². The van der Waals surface area contributed by atoms with Crippen molar-refractivity contribution in [3.05, 3.63) is 35.9 Å². The molecule has 0 saturated heterocycles. The summed E-state index contributed by atoms with van der Waals surface area (Å²) in [6, 6.07) is 8.87. The molecule has 9 nitrogen and oxygen atoms in total. The van der Waals surface area contributed by atoms with Gasteiger partial charge in [-0.1, -0.05) is 30.3 Å². The molecule has 140 valence electrons. The number of rotatable bonds is 10. The number of amides is 1. The van der Waals surface area contributed by atoms with E-state index in [9.17, 15) is 30.0 Å². The van der Waals surface area contributed by atoms with Gasteiger partial charge >= 0.3 is 6.09 Å². The number of benzene rings is 1. The zero-order valence-electron chi connectivity index (χ0n) is 13.5. The summed E-state index contributed by atoms with van der Waals surface area (Å²) in [5.41, 5.74) is 0.758. The molecule has 25 heavy (non-hydrogen) atoms. The second-order valence-electron chi connectivity index (χ2n) is 5.40. The molecule has 0 unspecified atom stereocenters. The summed E-state index contributed by atoms with van der Waals surface area (Å²) in [5, 5.41) is 48.8. The molecular formula is C16H23NO8. The van der Waals surface area contributed by atoms with Crippen LogP contribution in [-0.4, -0.2) is 75.5 Å². The van der Waals surface area contributed by atoms with Crippen molar-refractivity contribution in [2.24, 2.45) is 5.92 Å². The molecule has 6 N–H and O–H groups in total. The van der Waals surface area contributed by atoms with Crippen LogP contribution in [0.25, 0.3) is 0 Å². The van der Waals surface area contributed by atoms with E-state index in [-0.39, 0.29) is 6.61 Å². The van der Waals surface area contributed by atoms with Crippen LogP contribution in [-0.2, 0) is 16.1 Å². The number of Topliss-reactive ketones (excluding diaryl/α,β-unsaturated/α-hetero) is 1. The number of carbonyl (C=O) groups is 2. The van der Waals surface area contributed by atoms with Crippen LogP contribution in [0.5, 0.6) is 0 Å². The number of nitrogens with one attached hydrogen (secondary N) is 1. The maximum absolute atomic E-state index is 12.0. The Bertz CT molecular complexity index is 538. The number of aliphatic hydroxyl groups excluding tert-OH is 5. The molecule has 0 spiro atoms. The highest BCUT2D eigenvalue weighted by Gasteiger charge is 2.34. The first-order valence-corrected chi connectivity index (χ1v) is 7.63. The molecule has 0 aliphatic heterocycles. The van der Waals surface area contributed by atoms with Crippen LogP contribution in [0.15, 0.2) is 30.3 Å². The lowest BCUT2D eigenvalue weighted by Crippen LogP contribution is -2.48. The first-order valence-electron chi connectivity index (χ1n) is 7.63. The number of alkyl carbamates (subject to hydrolysis) is 1. The number of hydrogen-bond donors (Lipinski definition) is 6. The number of ketones is 1. The third-order valence-electron chi connectivity index (χ3n) is 3.57. The van der Waals surface area contributed by atoms with E-state index in [4.69, 9.17) is 9.84 Å². The van der Waals surface area contributed by atoms with Crippen LogP contribution in [0.1, 0.15) is 5.56 Å². The quantitative estimate of drug-likeness (QED) is 0.285. The molecular weight excluding hydrogens is 334 g/mol. The zero-order valence-corrected chi connectivity index (χ0v) is 13.5. The van der Waals surface area contributed by atoms with Crippen molar-refractivity contribution < 1.29 is 39.9 Å². The average molecular weight is 357 g/mol. The van der Waals surface area contributed by atoms with Gasteiger partial charge < -0.3 is 35.6 Å². The lowest BCUT2D eigenvalue weighted by atomic mass is 9.92. The summed E-state index contributed by atoms with van der Waals surface area (Å²) in [5.74, 6) is -2.21. The highest BCUT2D eigenvalue weighted by atomic mass is 16.5. The fourth-order valence-corrected chi connectivity index (χ4v) is 2.04. The topological polar surface area (TPSA) is 157 Å². The number of hydrogen-bond acceptors (Lipinski definition) is 8. The van der Waals surface area contributed by atoms with Gasteiger partial charge in [0, 0.05) is 0 Å². The molecule has 1 aromatic carbocycles. The maximum Gasteiger partial charge on any atom is 0.407 e. The molecule has 4 atom stereocenters. The predicted octanol–water partition coefficient (Wildman–Crippen LogP) is -1.83. The Morgan fingerprint density at radius 3 is 2.20 bits per heavy atom. The normalized spacial score (nSPS) is 15.7. The van der Waals surface area contributed by atoms with Gasteiger partial charge in [0.15, 0.2) is 5.78 Å². The van der Waals surface area contributed by atoms with Crippen LogP contribution in [0.4, 0.5) is 4.79 Å². The summed E-state index contributed by atoms with van der Waals surface area (Å²) in [6.07, 6.45) is -6.15. The predicted molar refractivity (Wildman–Crippen MR) is 85.3 cm³/mol. The Hall–Kier alpha value is -2.04. The first kappa shape index (κ1) is 21.0. The van der Waals surface area contributed by atoms with Crippen molar-refractivity contribution in [3.63, 3.8) is 0 Å². The first-order chi connectivity index (χ1) is 11.9. The van der Waals surface area contributed by atoms with Crippen molar-refractivity contribution in [3.8, 4) is 0 Å². The van der Waals surface area contributed by atoms with Crippen molar-refractivity contribution in [2.75, 3.05) is 19.8 Å². The summed E-state index contributed by atoms with van der Waals surface area (Å²) < 4.78 is 4.91. The molecule has 0 radical (unpaired) electrons. The Labute approximate surface area is 144 Å². The Balaban J connectivity index is 2.45. The van der Waals surface area contributed by atoms with Crippen LogP contribution in [0.3, 0.4) is 0 Å². The van der Waals surface area contributed by atoms with Crippen LogP contribution in [0, 0.1) is 5.92 Å². The standard InChI is InChI=1S/C16H23NO8/c18-7-11(14(22)15(23)13(21)8-19)12(20)6-17-16(24)25-9-10-4-2-1-3-5-10/h1-5,11,13-15,18-19,21-23H,6-9H2,(H,17,24)/t11-,13-,14-,15-/m1/s1. The lowest BCUT2D eigenvalue weighted by molar-refractivity contribution is -0.138. The minimum atomic E-state index is -1.82. The molecule has 0 saturated carbocycles. The van der Waals surface area contributed by atoms with Crippen molar-refractivity contribution >= 4 is 11.9 Å². The summed E-state index contributed by atoms with van der Waals surface area (Å²) >= 11 is 0. The minimum Gasteiger partial charge on any atom is -0.445 e. The van der Waals surface area contributed by atoms with Crippen molar-refractivity contribution in [1.29, 1.82) is 0 Å². The second-order valence-corrected chi connectivity index (χ2v) is 5.40. The molecule has 0 aliphatic rings. The van der Waals surface area contributed by atoms with Gasteiger partial charge in [0.05, 0.1) is 31.8 Å². The van der Waals surface area contributed by atoms with Crippen LogP contribution >= 0.6 is 0 Å².